The molecular weight excluding hydrogens is 194 g/mol. The highest BCUT2D eigenvalue weighted by Crippen LogP contribution is 2.18. The lowest BCUT2D eigenvalue weighted by atomic mass is 10.4. The van der Waals surface area contributed by atoms with E-state index in [4.69, 9.17) is 8.85 Å². The van der Waals surface area contributed by atoms with Gasteiger partial charge in [0.15, 0.2) is 0 Å². The van der Waals surface area contributed by atoms with Gasteiger partial charge in [0.05, 0.1) is 0 Å². The van der Waals surface area contributed by atoms with Crippen LogP contribution in [0.1, 0.15) is 20.3 Å². The van der Waals surface area contributed by atoms with Gasteiger partial charge in [0, 0.05) is 19.8 Å². The Morgan fingerprint density at radius 1 is 1.36 bits per heavy atom. The first-order valence-corrected chi connectivity index (χ1v) is 8.23. The van der Waals surface area contributed by atoms with Crippen molar-refractivity contribution in [1.29, 1.82) is 0 Å². The van der Waals surface area contributed by atoms with Crippen LogP contribution in [-0.2, 0) is 8.85 Å². The smallest absolute Gasteiger partial charge is 0.335 e. The third-order valence-electron chi connectivity index (χ3n) is 2.82. The summed E-state index contributed by atoms with van der Waals surface area (Å²) in [6.45, 7) is 11.5. The maximum absolute atomic E-state index is 5.92. The van der Waals surface area contributed by atoms with Crippen molar-refractivity contribution in [1.82, 2.24) is 4.90 Å². The first-order valence-electron chi connectivity index (χ1n) is 5.70. The van der Waals surface area contributed by atoms with E-state index in [1.807, 2.05) is 0 Å². The van der Waals surface area contributed by atoms with Gasteiger partial charge in [-0.2, -0.15) is 0 Å². The molecular formula is C10H23NO2Si. The molecule has 0 N–H and O–H groups in total. The van der Waals surface area contributed by atoms with Crippen molar-refractivity contribution in [3.05, 3.63) is 0 Å². The maximum atomic E-state index is 5.92. The van der Waals surface area contributed by atoms with Crippen molar-refractivity contribution in [3.63, 3.8) is 0 Å². The van der Waals surface area contributed by atoms with Crippen LogP contribution in [0.15, 0.2) is 0 Å². The molecule has 1 aliphatic heterocycles. The Kier molecular flexibility index (Phi) is 5.09. The van der Waals surface area contributed by atoms with Gasteiger partial charge in [0.25, 0.3) is 0 Å². The first kappa shape index (κ1) is 12.2. The van der Waals surface area contributed by atoms with Gasteiger partial charge in [-0.3, -0.25) is 0 Å². The van der Waals surface area contributed by atoms with E-state index >= 15 is 0 Å². The average Bonchev–Trinajstić information content (AvgIpc) is 2.12. The zero-order valence-corrected chi connectivity index (χ0v) is 10.7. The van der Waals surface area contributed by atoms with E-state index in [1.165, 1.54) is 13.0 Å². The number of hydrogen-bond donors (Lipinski definition) is 0. The van der Waals surface area contributed by atoms with Crippen molar-refractivity contribution < 1.29 is 8.85 Å². The summed E-state index contributed by atoms with van der Waals surface area (Å²) in [5, 5.41) is 0. The molecule has 0 aromatic heterocycles. The molecule has 1 fully saturated rings. The van der Waals surface area contributed by atoms with Gasteiger partial charge in [-0.05, 0) is 39.0 Å². The molecule has 0 radical (unpaired) electrons. The van der Waals surface area contributed by atoms with Gasteiger partial charge < -0.3 is 13.8 Å². The Morgan fingerprint density at radius 3 is 2.79 bits per heavy atom. The van der Waals surface area contributed by atoms with E-state index in [2.05, 4.69) is 25.3 Å². The number of hydrogen-bond acceptors (Lipinski definition) is 3. The molecule has 1 aliphatic rings. The Bertz CT molecular complexity index is 156. The van der Waals surface area contributed by atoms with Crippen LogP contribution in [0, 0.1) is 0 Å². The second-order valence-electron chi connectivity index (χ2n) is 3.95. The second kappa shape index (κ2) is 5.85. The van der Waals surface area contributed by atoms with Crippen LogP contribution in [0.5, 0.6) is 0 Å². The quantitative estimate of drug-likeness (QED) is 0.673. The Morgan fingerprint density at radius 2 is 2.14 bits per heavy atom. The third-order valence-corrected chi connectivity index (χ3v) is 5.79. The molecule has 1 saturated heterocycles. The maximum Gasteiger partial charge on any atom is 0.335 e. The Hall–Kier alpha value is 0.0969. The molecule has 0 saturated carbocycles. The lowest BCUT2D eigenvalue weighted by Gasteiger charge is -2.32. The number of likely N-dealkylation sites (N-methyl/N-ethyl adjacent to an activating group) is 1. The highest BCUT2D eigenvalue weighted by molar-refractivity contribution is 6.66. The second-order valence-corrected chi connectivity index (χ2v) is 7.30. The zero-order chi connectivity index (χ0) is 10.4. The Labute approximate surface area is 88.6 Å². The molecule has 0 amide bonds. The van der Waals surface area contributed by atoms with Crippen LogP contribution < -0.4 is 0 Å². The molecule has 0 spiro atoms. The molecule has 14 heavy (non-hydrogen) atoms. The molecule has 84 valence electrons. The summed E-state index contributed by atoms with van der Waals surface area (Å²) < 4.78 is 11.7. The number of nitrogens with zero attached hydrogens (tertiary/aromatic N) is 1. The van der Waals surface area contributed by atoms with E-state index in [1.54, 1.807) is 0 Å². The lowest BCUT2D eigenvalue weighted by molar-refractivity contribution is 0.138. The van der Waals surface area contributed by atoms with Crippen molar-refractivity contribution in [3.8, 4) is 0 Å². The van der Waals surface area contributed by atoms with Crippen LogP contribution in [-0.4, -0.2) is 46.3 Å². The normalized spacial score (nSPS) is 31.1. The standard InChI is InChI=1S/C10H23NO2Si/c1-4-11-7-6-10-14(3,12-5-2)13-9-8-11/h4-10H2,1-3H3. The van der Waals surface area contributed by atoms with Crippen LogP contribution >= 0.6 is 0 Å². The minimum atomic E-state index is -1.79. The predicted molar refractivity (Wildman–Crippen MR) is 60.7 cm³/mol. The average molecular weight is 217 g/mol. The summed E-state index contributed by atoms with van der Waals surface area (Å²) in [6.07, 6.45) is 1.22. The van der Waals surface area contributed by atoms with Gasteiger partial charge >= 0.3 is 8.56 Å². The SMILES string of the molecule is CCO[Si]1(C)CCCN(CC)CCO1. The Balaban J connectivity index is 2.38. The highest BCUT2D eigenvalue weighted by Gasteiger charge is 2.31. The summed E-state index contributed by atoms with van der Waals surface area (Å²) in [5.74, 6) is 0. The van der Waals surface area contributed by atoms with Gasteiger partial charge in [-0.25, -0.2) is 0 Å². The van der Waals surface area contributed by atoms with Crippen LogP contribution in [0.2, 0.25) is 12.6 Å². The lowest BCUT2D eigenvalue weighted by Crippen LogP contribution is -2.44. The summed E-state index contributed by atoms with van der Waals surface area (Å²) in [7, 11) is -1.79. The molecule has 1 atom stereocenters. The van der Waals surface area contributed by atoms with Gasteiger partial charge in [0.2, 0.25) is 0 Å². The van der Waals surface area contributed by atoms with Crippen molar-refractivity contribution in [2.75, 3.05) is 32.8 Å². The summed E-state index contributed by atoms with van der Waals surface area (Å²) in [4.78, 5) is 2.44. The fraction of sp³-hybridized carbons (Fsp3) is 1.00. The van der Waals surface area contributed by atoms with Gasteiger partial charge in [0.1, 0.15) is 0 Å². The predicted octanol–water partition coefficient (Wildman–Crippen LogP) is 1.84. The van der Waals surface area contributed by atoms with Gasteiger partial charge in [-0.1, -0.05) is 6.92 Å². The zero-order valence-electron chi connectivity index (χ0n) is 9.71. The minimum Gasteiger partial charge on any atom is -0.395 e. The molecule has 4 heteroatoms. The molecule has 1 unspecified atom stereocenters. The molecule has 0 bridgehead atoms. The van der Waals surface area contributed by atoms with Gasteiger partial charge in [-0.15, -0.1) is 0 Å². The fourth-order valence-electron chi connectivity index (χ4n) is 1.93. The van der Waals surface area contributed by atoms with E-state index < -0.39 is 8.56 Å². The van der Waals surface area contributed by atoms with E-state index in [-0.39, 0.29) is 0 Å². The third kappa shape index (κ3) is 3.69. The number of rotatable bonds is 3. The van der Waals surface area contributed by atoms with E-state index in [9.17, 15) is 0 Å². The van der Waals surface area contributed by atoms with E-state index in [0.29, 0.717) is 0 Å². The molecule has 1 rings (SSSR count). The fourth-order valence-corrected chi connectivity index (χ4v) is 4.24. The van der Waals surface area contributed by atoms with Crippen LogP contribution in [0.4, 0.5) is 0 Å². The molecule has 0 aromatic carbocycles. The van der Waals surface area contributed by atoms with Crippen LogP contribution in [0.25, 0.3) is 0 Å². The highest BCUT2D eigenvalue weighted by atomic mass is 28.4. The largest absolute Gasteiger partial charge is 0.395 e. The summed E-state index contributed by atoms with van der Waals surface area (Å²) in [5.41, 5.74) is 0. The molecule has 0 aromatic rings. The first-order chi connectivity index (χ1) is 6.70. The van der Waals surface area contributed by atoms with Crippen molar-refractivity contribution in [2.24, 2.45) is 0 Å². The molecule has 3 nitrogen and oxygen atoms in total. The summed E-state index contributed by atoms with van der Waals surface area (Å²) >= 11 is 0. The van der Waals surface area contributed by atoms with E-state index in [0.717, 1.165) is 32.3 Å². The minimum absolute atomic E-state index is 0.792. The monoisotopic (exact) mass is 217 g/mol. The molecule has 0 aliphatic carbocycles. The van der Waals surface area contributed by atoms with Crippen molar-refractivity contribution >= 4 is 8.56 Å². The van der Waals surface area contributed by atoms with Crippen LogP contribution in [0.3, 0.4) is 0 Å². The molecule has 1 heterocycles. The summed E-state index contributed by atoms with van der Waals surface area (Å²) in [6, 6.07) is 1.14. The van der Waals surface area contributed by atoms with Crippen molar-refractivity contribution in [2.45, 2.75) is 32.9 Å². The topological polar surface area (TPSA) is 21.7 Å².